The number of halogens is 1. The van der Waals surface area contributed by atoms with Crippen molar-refractivity contribution in [3.05, 3.63) is 88.4 Å². The minimum Gasteiger partial charge on any atom is -0.493 e. The van der Waals surface area contributed by atoms with E-state index in [-0.39, 0.29) is 24.3 Å². The predicted molar refractivity (Wildman–Crippen MR) is 155 cm³/mol. The molecule has 0 radical (unpaired) electrons. The molecular formula is C29H27ClN4O4S. The van der Waals surface area contributed by atoms with E-state index in [1.807, 2.05) is 49.4 Å². The van der Waals surface area contributed by atoms with Gasteiger partial charge in [-0.1, -0.05) is 71.4 Å². The molecule has 5 rings (SSSR count). The van der Waals surface area contributed by atoms with E-state index in [9.17, 15) is 9.59 Å². The second-order valence-corrected chi connectivity index (χ2v) is 10.7. The Labute approximate surface area is 236 Å². The number of hydrogen-bond acceptors (Lipinski definition) is 7. The fourth-order valence-corrected chi connectivity index (χ4v) is 5.71. The maximum absolute atomic E-state index is 12.9. The topological polar surface area (TPSA) is 92.6 Å². The fourth-order valence-electron chi connectivity index (χ4n) is 4.46. The zero-order valence-electron chi connectivity index (χ0n) is 21.7. The first-order chi connectivity index (χ1) is 18.9. The maximum atomic E-state index is 12.9. The molecule has 2 aliphatic heterocycles. The first-order valence-electron chi connectivity index (χ1n) is 12.4. The van der Waals surface area contributed by atoms with Gasteiger partial charge in [0.25, 0.3) is 5.91 Å². The number of thioether (sulfide) groups is 1. The van der Waals surface area contributed by atoms with E-state index in [0.29, 0.717) is 33.8 Å². The number of rotatable bonds is 7. The number of carbonyl (C=O) groups excluding carboxylic acids is 2. The van der Waals surface area contributed by atoms with Crippen molar-refractivity contribution in [2.45, 2.75) is 31.1 Å². The van der Waals surface area contributed by atoms with Crippen molar-refractivity contribution in [1.82, 2.24) is 5.01 Å². The van der Waals surface area contributed by atoms with Crippen LogP contribution in [0.25, 0.3) is 0 Å². The first kappa shape index (κ1) is 26.8. The predicted octanol–water partition coefficient (Wildman–Crippen LogP) is 5.84. The number of aryl methyl sites for hydroxylation is 1. The largest absolute Gasteiger partial charge is 0.493 e. The summed E-state index contributed by atoms with van der Waals surface area (Å²) >= 11 is 7.41. The van der Waals surface area contributed by atoms with Gasteiger partial charge in [0.05, 0.1) is 36.7 Å². The van der Waals surface area contributed by atoms with Crippen LogP contribution in [-0.2, 0) is 9.59 Å². The van der Waals surface area contributed by atoms with Gasteiger partial charge in [-0.3, -0.25) is 9.59 Å². The average molecular weight is 563 g/mol. The Morgan fingerprint density at radius 2 is 1.82 bits per heavy atom. The highest BCUT2D eigenvalue weighted by Crippen LogP contribution is 2.41. The lowest BCUT2D eigenvalue weighted by molar-refractivity contribution is -0.121. The molecule has 0 aromatic heterocycles. The van der Waals surface area contributed by atoms with Crippen LogP contribution >= 0.6 is 23.4 Å². The molecule has 0 saturated heterocycles. The Bertz CT molecular complexity index is 1470. The summed E-state index contributed by atoms with van der Waals surface area (Å²) in [6.45, 7) is 2.04. The Balaban J connectivity index is 1.39. The summed E-state index contributed by atoms with van der Waals surface area (Å²) in [5.41, 5.74) is 4.48. The molecule has 39 heavy (non-hydrogen) atoms. The van der Waals surface area contributed by atoms with Gasteiger partial charge in [0.2, 0.25) is 5.91 Å². The third kappa shape index (κ3) is 5.79. The number of carbonyl (C=O) groups is 2. The molecule has 2 atom stereocenters. The number of amidine groups is 1. The molecule has 1 N–H and O–H groups in total. The molecule has 10 heteroatoms. The molecule has 2 heterocycles. The summed E-state index contributed by atoms with van der Waals surface area (Å²) in [7, 11) is 3.19. The van der Waals surface area contributed by atoms with E-state index in [2.05, 4.69) is 10.3 Å². The summed E-state index contributed by atoms with van der Waals surface area (Å²) in [6, 6.07) is 20.7. The number of amides is 2. The van der Waals surface area contributed by atoms with E-state index in [4.69, 9.17) is 26.2 Å². The molecule has 0 saturated carbocycles. The number of benzene rings is 3. The van der Waals surface area contributed by atoms with Gasteiger partial charge in [0.15, 0.2) is 16.7 Å². The molecule has 2 aliphatic rings. The Morgan fingerprint density at radius 3 is 2.54 bits per heavy atom. The van der Waals surface area contributed by atoms with Crippen LogP contribution in [0, 0.1) is 6.92 Å². The zero-order valence-corrected chi connectivity index (χ0v) is 23.3. The molecule has 8 nitrogen and oxygen atoms in total. The van der Waals surface area contributed by atoms with Gasteiger partial charge in [0, 0.05) is 12.8 Å². The molecule has 0 bridgehead atoms. The lowest BCUT2D eigenvalue weighted by atomic mass is 9.98. The van der Waals surface area contributed by atoms with Crippen LogP contribution in [0.2, 0.25) is 5.02 Å². The Hall–Kier alpha value is -3.82. The molecule has 200 valence electrons. The SMILES string of the molecule is COc1ccc([C@@H]2CC(c3ccc(C)cc3)=NN2C2=NC(=O)[C@H](CC(=O)Nc3ccccc3Cl)S2)cc1OC. The average Bonchev–Trinajstić information content (AvgIpc) is 3.54. The van der Waals surface area contributed by atoms with Gasteiger partial charge in [0.1, 0.15) is 5.25 Å². The van der Waals surface area contributed by atoms with Crippen LogP contribution in [0.3, 0.4) is 0 Å². The smallest absolute Gasteiger partial charge is 0.262 e. The second-order valence-electron chi connectivity index (χ2n) is 9.16. The van der Waals surface area contributed by atoms with Gasteiger partial charge in [-0.05, 0) is 42.3 Å². The fraction of sp³-hybridized carbons (Fsp3) is 0.241. The number of methoxy groups -OCH3 is 2. The Morgan fingerprint density at radius 1 is 1.08 bits per heavy atom. The van der Waals surface area contributed by atoms with Crippen molar-refractivity contribution < 1.29 is 19.1 Å². The molecular weight excluding hydrogens is 536 g/mol. The molecule has 0 unspecified atom stereocenters. The van der Waals surface area contributed by atoms with E-state index in [1.54, 1.807) is 43.5 Å². The molecule has 2 amide bonds. The summed E-state index contributed by atoms with van der Waals surface area (Å²) in [4.78, 5) is 29.9. The van der Waals surface area contributed by atoms with Crippen molar-refractivity contribution in [3.63, 3.8) is 0 Å². The number of hydrazone groups is 1. The third-order valence-electron chi connectivity index (χ3n) is 6.53. The quantitative estimate of drug-likeness (QED) is 0.389. The van der Waals surface area contributed by atoms with Crippen LogP contribution in [0.15, 0.2) is 76.8 Å². The van der Waals surface area contributed by atoms with Gasteiger partial charge < -0.3 is 14.8 Å². The number of ether oxygens (including phenoxy) is 2. The molecule has 3 aromatic carbocycles. The molecule has 3 aromatic rings. The summed E-state index contributed by atoms with van der Waals surface area (Å²) < 4.78 is 10.9. The highest BCUT2D eigenvalue weighted by atomic mass is 35.5. The Kier molecular flexibility index (Phi) is 7.90. The van der Waals surface area contributed by atoms with Crippen LogP contribution < -0.4 is 14.8 Å². The maximum Gasteiger partial charge on any atom is 0.262 e. The highest BCUT2D eigenvalue weighted by Gasteiger charge is 2.39. The van der Waals surface area contributed by atoms with Crippen LogP contribution in [0.4, 0.5) is 5.69 Å². The minimum absolute atomic E-state index is 0.0366. The first-order valence-corrected chi connectivity index (χ1v) is 13.6. The number of aliphatic imine (C=N–C) groups is 1. The molecule has 0 spiro atoms. The number of anilines is 1. The lowest BCUT2D eigenvalue weighted by Crippen LogP contribution is -2.25. The van der Waals surface area contributed by atoms with Crippen LogP contribution in [0.1, 0.15) is 35.6 Å². The van der Waals surface area contributed by atoms with E-state index in [1.165, 1.54) is 11.8 Å². The van der Waals surface area contributed by atoms with Crippen molar-refractivity contribution in [1.29, 1.82) is 0 Å². The van der Waals surface area contributed by atoms with Gasteiger partial charge in [-0.15, -0.1) is 0 Å². The van der Waals surface area contributed by atoms with E-state index >= 15 is 0 Å². The van der Waals surface area contributed by atoms with Gasteiger partial charge >= 0.3 is 0 Å². The lowest BCUT2D eigenvalue weighted by Gasteiger charge is -2.24. The molecule has 0 aliphatic carbocycles. The summed E-state index contributed by atoms with van der Waals surface area (Å²) in [5.74, 6) is 0.546. The van der Waals surface area contributed by atoms with Crippen molar-refractivity contribution in [2.24, 2.45) is 10.1 Å². The summed E-state index contributed by atoms with van der Waals surface area (Å²) in [5, 5.41) is 9.70. The van der Waals surface area contributed by atoms with Gasteiger partial charge in [-0.25, -0.2) is 5.01 Å². The zero-order chi connectivity index (χ0) is 27.5. The van der Waals surface area contributed by atoms with Crippen molar-refractivity contribution in [3.8, 4) is 11.5 Å². The number of nitrogens with one attached hydrogen (secondary N) is 1. The van der Waals surface area contributed by atoms with E-state index in [0.717, 1.165) is 22.4 Å². The van der Waals surface area contributed by atoms with Crippen molar-refractivity contribution >= 4 is 51.7 Å². The monoisotopic (exact) mass is 562 g/mol. The van der Waals surface area contributed by atoms with Crippen molar-refractivity contribution in [2.75, 3.05) is 19.5 Å². The third-order valence-corrected chi connectivity index (χ3v) is 8.00. The van der Waals surface area contributed by atoms with Gasteiger partial charge in [-0.2, -0.15) is 10.1 Å². The second kappa shape index (κ2) is 11.5. The van der Waals surface area contributed by atoms with Crippen LogP contribution in [-0.4, -0.2) is 47.2 Å². The normalized spacial score (nSPS) is 18.6. The summed E-state index contributed by atoms with van der Waals surface area (Å²) in [6.07, 6.45) is 0.565. The number of para-hydroxylation sites is 1. The van der Waals surface area contributed by atoms with E-state index < -0.39 is 5.25 Å². The highest BCUT2D eigenvalue weighted by molar-refractivity contribution is 8.15. The minimum atomic E-state index is -0.660. The van der Waals surface area contributed by atoms with Crippen LogP contribution in [0.5, 0.6) is 11.5 Å². The molecule has 0 fully saturated rings. The number of hydrogen-bond donors (Lipinski definition) is 1. The standard InChI is InChI=1S/C29H27ClN4O4S/c1-17-8-10-18(11-9-17)22-15-23(19-12-13-24(37-2)25(14-19)38-3)34(33-22)29-32-28(36)26(39-29)16-27(35)31-21-7-5-4-6-20(21)30/h4-14,23,26H,15-16H2,1-3H3,(H,31,35)/t23-,26-/m0/s1. The number of nitrogens with zero attached hydrogens (tertiary/aromatic N) is 3.